The Morgan fingerprint density at radius 2 is 1.28 bits per heavy atom. The summed E-state index contributed by atoms with van der Waals surface area (Å²) in [6.07, 6.45) is -4.52. The van der Waals surface area contributed by atoms with E-state index in [1.165, 1.54) is 27.7 Å². The number of esters is 3. The fourth-order valence-electron chi connectivity index (χ4n) is 16.5. The third-order valence-corrected chi connectivity index (χ3v) is 29.2. The van der Waals surface area contributed by atoms with E-state index in [4.69, 9.17) is 18.6 Å². The number of hydrogen-bond acceptors (Lipinski definition) is 21. The van der Waals surface area contributed by atoms with Gasteiger partial charge < -0.3 is 90.8 Å². The second-order valence-corrected chi connectivity index (χ2v) is 42.2. The summed E-state index contributed by atoms with van der Waals surface area (Å²) in [5.41, 5.74) is 0.417. The molecule has 0 unspecified atom stereocenters. The maximum Gasteiger partial charge on any atom is 0.329 e. The van der Waals surface area contributed by atoms with E-state index in [1.54, 1.807) is 58.9 Å². The zero-order chi connectivity index (χ0) is 87.3. The minimum atomic E-state index is -2.31. The first-order valence-corrected chi connectivity index (χ1v) is 44.9. The van der Waals surface area contributed by atoms with Crippen molar-refractivity contribution in [3.63, 3.8) is 0 Å². The quantitative estimate of drug-likeness (QED) is 0.0241. The van der Waals surface area contributed by atoms with Crippen molar-refractivity contribution >= 4 is 90.8 Å². The molecule has 0 aliphatic carbocycles. The lowest BCUT2D eigenvalue weighted by Gasteiger charge is -2.45. The van der Waals surface area contributed by atoms with Crippen molar-refractivity contribution in [3.05, 3.63) is 72.3 Å². The van der Waals surface area contributed by atoms with Gasteiger partial charge in [-0.3, -0.25) is 47.9 Å². The Labute approximate surface area is 691 Å². The molecule has 7 aliphatic rings. The van der Waals surface area contributed by atoms with Crippen LogP contribution in [0, 0.1) is 47.3 Å². The van der Waals surface area contributed by atoms with Gasteiger partial charge in [0.15, 0.2) is 20.5 Å². The Morgan fingerprint density at radius 1 is 0.684 bits per heavy atom. The number of fused-ring (bicyclic) bond motifs is 9. The van der Waals surface area contributed by atoms with Gasteiger partial charge >= 0.3 is 17.9 Å². The number of carbonyl (C=O) groups excluding carboxylic acids is 12. The molecule has 30 nitrogen and oxygen atoms in total. The number of benzene rings is 2. The molecule has 5 saturated heterocycles. The first-order valence-electron chi connectivity index (χ1n) is 42.0. The van der Waals surface area contributed by atoms with Gasteiger partial charge in [-0.05, 0) is 116 Å². The Balaban J connectivity index is 0.000000297. The first-order chi connectivity index (χ1) is 54.5. The van der Waals surface area contributed by atoms with Crippen LogP contribution in [0.3, 0.4) is 0 Å². The fraction of sp³-hybridized carbons (Fsp3) is 0.698. The highest BCUT2D eigenvalue weighted by atomic mass is 28.4. The van der Waals surface area contributed by atoms with Gasteiger partial charge in [-0.1, -0.05) is 181 Å². The summed E-state index contributed by atoms with van der Waals surface area (Å²) in [7, 11) is -2.31. The van der Waals surface area contributed by atoms with Gasteiger partial charge in [0.05, 0.1) is 18.1 Å². The van der Waals surface area contributed by atoms with Crippen LogP contribution in [0.2, 0.25) is 18.1 Å². The van der Waals surface area contributed by atoms with Crippen LogP contribution < -0.4 is 37.2 Å². The number of rotatable bonds is 23. The number of ether oxygens (including phenoxy) is 3. The smallest absolute Gasteiger partial charge is 0.329 e. The molecule has 117 heavy (non-hydrogen) atoms. The molecular formula is C86H133N11O19Si. The van der Waals surface area contributed by atoms with Crippen LogP contribution >= 0.6 is 0 Å². The number of nitrogens with zero attached hydrogens (tertiary/aromatic N) is 4. The third kappa shape index (κ3) is 20.8. The monoisotopic (exact) mass is 1650 g/mol. The maximum atomic E-state index is 14.9. The number of amides is 9. The van der Waals surface area contributed by atoms with Crippen LogP contribution in [-0.4, -0.2) is 231 Å². The van der Waals surface area contributed by atoms with Crippen LogP contribution in [0.25, 0.3) is 0 Å². The highest BCUT2D eigenvalue weighted by molar-refractivity contribution is 6.74. The number of anilines is 2. The lowest BCUT2D eigenvalue weighted by Crippen LogP contribution is -2.64. The molecule has 650 valence electrons. The molecule has 7 aliphatic heterocycles. The van der Waals surface area contributed by atoms with Crippen LogP contribution in [-0.2, 0) is 87.2 Å². The average Bonchev–Trinajstić information content (AvgIpc) is 1.56. The molecule has 0 bridgehead atoms. The van der Waals surface area contributed by atoms with Crippen LogP contribution in [0.15, 0.2) is 61.2 Å². The summed E-state index contributed by atoms with van der Waals surface area (Å²) < 4.78 is 24.1. The Bertz CT molecular complexity index is 3980. The number of likely N-dealkylation sites (tertiary alicyclic amines) is 2. The van der Waals surface area contributed by atoms with E-state index in [-0.39, 0.29) is 93.0 Å². The van der Waals surface area contributed by atoms with E-state index in [0.29, 0.717) is 24.1 Å². The number of para-hydroxylation sites is 2. The van der Waals surface area contributed by atoms with Gasteiger partial charge in [0.1, 0.15) is 78.9 Å². The van der Waals surface area contributed by atoms with Crippen LogP contribution in [0.5, 0.6) is 0 Å². The van der Waals surface area contributed by atoms with Crippen LogP contribution in [0.4, 0.5) is 11.4 Å². The second kappa shape index (κ2) is 38.3. The molecular weight excluding hydrogens is 1520 g/mol. The minimum absolute atomic E-state index is 0.000801. The summed E-state index contributed by atoms with van der Waals surface area (Å²) in [6.45, 7) is 44.9. The van der Waals surface area contributed by atoms with Gasteiger partial charge in [-0.25, -0.2) is 9.59 Å². The molecule has 0 saturated carbocycles. The number of piperidine rings is 2. The Hall–Kier alpha value is -8.52. The molecule has 7 heterocycles. The SMILES string of the molecule is C=CCOC(=O)[C@@H]1C[C@@]2(C)c3ccccc3N[C@H]2N1C(=O)[C@H](NC(=O)[C@H](CC(C)C)NC(=O)[C@H]1C[C@@H](O[Si](C)(C)C(C)(C)C)CCN1C(=O)[C@@H](OC(=O)[C@H](C)C(C)C)C(C)C)C(C)C.CC(C)C[C@@H]1NC(=O)[C@H]2C[C@@H](O)CCN2C(=O)[C@H](C(C)C)OC(=O)[C@@H](C(C)C)NC(=O)[C@@H]2C[C@@]3(O)c4ccccc4N[C@H]3N2C(=O)[C@@H]([C@H](C)O)NC1=O. The molecule has 10 N–H and O–H groups in total. The molecule has 2 aromatic rings. The average molecular weight is 1650 g/mol. The third-order valence-electron chi connectivity index (χ3n) is 24.7. The van der Waals surface area contributed by atoms with Crippen molar-refractivity contribution in [2.24, 2.45) is 47.3 Å². The van der Waals surface area contributed by atoms with Crippen molar-refractivity contribution in [1.29, 1.82) is 0 Å². The lowest BCUT2D eigenvalue weighted by molar-refractivity contribution is -0.170. The molecule has 0 radical (unpaired) electrons. The topological polar surface area (TPSA) is 400 Å². The Kier molecular flexibility index (Phi) is 30.7. The first kappa shape index (κ1) is 94.0. The lowest BCUT2D eigenvalue weighted by atomic mass is 9.80. The molecule has 19 atom stereocenters. The minimum Gasteiger partial charge on any atom is -0.460 e. The van der Waals surface area contributed by atoms with Gasteiger partial charge in [0, 0.05) is 60.8 Å². The zero-order valence-corrected chi connectivity index (χ0v) is 73.7. The zero-order valence-electron chi connectivity index (χ0n) is 72.7. The highest BCUT2D eigenvalue weighted by Gasteiger charge is 2.63. The number of nitrogens with one attached hydrogen (secondary N) is 7. The highest BCUT2D eigenvalue weighted by Crippen LogP contribution is 2.52. The van der Waals surface area contributed by atoms with Crippen molar-refractivity contribution in [2.45, 2.75) is 316 Å². The number of aliphatic hydroxyl groups is 3. The van der Waals surface area contributed by atoms with Crippen molar-refractivity contribution in [3.8, 4) is 0 Å². The van der Waals surface area contributed by atoms with Gasteiger partial charge in [-0.2, -0.15) is 0 Å². The summed E-state index contributed by atoms with van der Waals surface area (Å²) in [5, 5.41) is 54.2. The molecule has 5 fully saturated rings. The maximum absolute atomic E-state index is 14.9. The van der Waals surface area contributed by atoms with E-state index in [0.717, 1.165) is 16.2 Å². The predicted octanol–water partition coefficient (Wildman–Crippen LogP) is 6.64. The number of cyclic esters (lactones) is 1. The molecule has 0 aromatic heterocycles. The molecule has 9 rings (SSSR count). The van der Waals surface area contributed by atoms with Crippen molar-refractivity contribution in [1.82, 2.24) is 46.2 Å². The van der Waals surface area contributed by atoms with E-state index in [1.807, 2.05) is 100 Å². The summed E-state index contributed by atoms with van der Waals surface area (Å²) in [4.78, 5) is 176. The van der Waals surface area contributed by atoms with Gasteiger partial charge in [-0.15, -0.1) is 0 Å². The number of hydrogen-bond donors (Lipinski definition) is 10. The van der Waals surface area contributed by atoms with Crippen molar-refractivity contribution in [2.75, 3.05) is 30.3 Å². The number of aliphatic hydroxyl groups excluding tert-OH is 2. The molecule has 9 amide bonds. The summed E-state index contributed by atoms with van der Waals surface area (Å²) in [6, 6.07) is 3.69. The number of carbonyl (C=O) groups is 12. The summed E-state index contributed by atoms with van der Waals surface area (Å²) in [5.74, 6) is -10.4. The summed E-state index contributed by atoms with van der Waals surface area (Å²) >= 11 is 0. The largest absolute Gasteiger partial charge is 0.460 e. The molecule has 31 heteroatoms. The van der Waals surface area contributed by atoms with Crippen molar-refractivity contribution < 1.29 is 91.5 Å². The van der Waals surface area contributed by atoms with E-state index in [9.17, 15) is 72.9 Å². The van der Waals surface area contributed by atoms with E-state index in [2.05, 4.69) is 77.7 Å². The van der Waals surface area contributed by atoms with E-state index >= 15 is 0 Å². The van der Waals surface area contributed by atoms with Crippen LogP contribution in [0.1, 0.15) is 201 Å². The molecule has 2 aromatic carbocycles. The van der Waals surface area contributed by atoms with Gasteiger partial charge in [0.25, 0.3) is 11.8 Å². The van der Waals surface area contributed by atoms with Gasteiger partial charge in [0.2, 0.25) is 41.4 Å². The normalized spacial score (nSPS) is 28.3. The standard InChI is InChI=1S/C49H79N5O9Si.C37H54N6O10/c1-17-24-61-46(60)38-27-49(14)34-20-18-19-21-35(34)51-47(49)54(38)43(57)39(30(6)7)52-41(55)36(25-28(2)3)50-42(56)37-26-33(63-64(15,16)48(11,12)13)22-23-53(37)44(58)40(31(8)9)62-45(59)32(10)29(4)5;1-17(2)14-24-30(46)41-28(20(7)44)33(49)43-26(16-37(52)22-10-8-9-11-23(22)39-36(37)43)32(48)40-27(18(3)4)35(51)53-29(19(5)6)34(50)42-13-12-21(45)15-25(42)31(47)38-24/h17-21,28-33,36-40,47,51H,1,22-27H2,2-16H3,(H,50,56)(H,52,55);8-11,17-21,24-29,36,39,44-45,52H,12-16H2,1-7H3,(H,38,47)(H,40,48)(H,41,46)/t32-,33+,36+,37-,38+,39-,40+,47+,49+;20-,21-,24-,25+,26-,27+,28+,29-,36-,37+/m10/s1. The fourth-order valence-corrected chi connectivity index (χ4v) is 17.9. The Morgan fingerprint density at radius 3 is 1.85 bits per heavy atom. The van der Waals surface area contributed by atoms with E-state index < -0.39 is 205 Å². The second-order valence-electron chi connectivity index (χ2n) is 37.5. The predicted molar refractivity (Wildman–Crippen MR) is 442 cm³/mol. The molecule has 0 spiro atoms.